The van der Waals surface area contributed by atoms with Gasteiger partial charge in [-0.15, -0.1) is 0 Å². The maximum absolute atomic E-state index is 12.3. The van der Waals surface area contributed by atoms with E-state index >= 15 is 0 Å². The monoisotopic (exact) mass is 422 g/mol. The van der Waals surface area contributed by atoms with E-state index in [9.17, 15) is 4.57 Å². The SMILES string of the molecule is COP(=O)(CC1CCC(OP(OCCC#N)N(C(C)C)C(C)C)CC1)OC. The molecule has 0 saturated heterocycles. The van der Waals surface area contributed by atoms with E-state index in [1.165, 1.54) is 14.2 Å². The minimum Gasteiger partial charge on any atom is -0.321 e. The van der Waals surface area contributed by atoms with E-state index < -0.39 is 16.1 Å². The Balaban J connectivity index is 2.64. The highest BCUT2D eigenvalue weighted by Crippen LogP contribution is 2.52. The summed E-state index contributed by atoms with van der Waals surface area (Å²) in [5.74, 6) is 0.326. The number of hydrogen-bond acceptors (Lipinski definition) is 7. The first kappa shape index (κ1) is 25.0. The van der Waals surface area contributed by atoms with Crippen molar-refractivity contribution in [3.8, 4) is 6.07 Å². The van der Waals surface area contributed by atoms with Crippen LogP contribution in [0, 0.1) is 17.2 Å². The van der Waals surface area contributed by atoms with E-state index in [4.69, 9.17) is 23.4 Å². The van der Waals surface area contributed by atoms with E-state index in [1.54, 1.807) is 0 Å². The third-order valence-electron chi connectivity index (χ3n) is 4.73. The molecular formula is C18H36N2O5P2. The Hall–Kier alpha value is -0.0500. The summed E-state index contributed by atoms with van der Waals surface area (Å²) < 4.78 is 37.1. The average Bonchev–Trinajstić information content (AvgIpc) is 2.62. The highest BCUT2D eigenvalue weighted by Gasteiger charge is 2.34. The molecule has 1 saturated carbocycles. The van der Waals surface area contributed by atoms with Gasteiger partial charge in [-0.1, -0.05) is 0 Å². The lowest BCUT2D eigenvalue weighted by molar-refractivity contribution is 0.0959. The first-order valence-electron chi connectivity index (χ1n) is 9.71. The predicted molar refractivity (Wildman–Crippen MR) is 109 cm³/mol. The van der Waals surface area contributed by atoms with Crippen molar-refractivity contribution in [3.05, 3.63) is 0 Å². The fourth-order valence-corrected chi connectivity index (χ4v) is 6.60. The van der Waals surface area contributed by atoms with Crippen LogP contribution >= 0.6 is 16.1 Å². The Morgan fingerprint density at radius 1 is 1.11 bits per heavy atom. The molecule has 0 N–H and O–H groups in total. The molecule has 0 heterocycles. The Bertz CT molecular complexity index is 488. The van der Waals surface area contributed by atoms with E-state index in [0.717, 1.165) is 25.7 Å². The lowest BCUT2D eigenvalue weighted by Gasteiger charge is -2.39. The molecule has 9 heteroatoms. The van der Waals surface area contributed by atoms with E-state index in [2.05, 4.69) is 38.4 Å². The molecule has 1 unspecified atom stereocenters. The largest absolute Gasteiger partial charge is 0.330 e. The van der Waals surface area contributed by atoms with E-state index in [-0.39, 0.29) is 6.10 Å². The van der Waals surface area contributed by atoms with Crippen molar-refractivity contribution < 1.29 is 22.7 Å². The predicted octanol–water partition coefficient (Wildman–Crippen LogP) is 5.32. The lowest BCUT2D eigenvalue weighted by Crippen LogP contribution is -2.35. The standard InChI is InChI=1S/C18H36N2O5P2/c1-15(2)20(16(3)4)26(24-13-7-12-19)25-18-10-8-17(9-11-18)14-27(21,22-5)23-6/h15-18H,7-11,13-14H2,1-6H3. The fraction of sp³-hybridized carbons (Fsp3) is 0.944. The fourth-order valence-electron chi connectivity index (χ4n) is 3.38. The van der Waals surface area contributed by atoms with Crippen LogP contribution in [0.2, 0.25) is 0 Å². The third-order valence-corrected chi connectivity index (χ3v) is 8.99. The lowest BCUT2D eigenvalue weighted by atomic mass is 9.89. The molecule has 0 spiro atoms. The summed E-state index contributed by atoms with van der Waals surface area (Å²) in [6.45, 7) is 8.93. The Morgan fingerprint density at radius 2 is 1.67 bits per heavy atom. The van der Waals surface area contributed by atoms with Crippen LogP contribution < -0.4 is 0 Å². The summed E-state index contributed by atoms with van der Waals surface area (Å²) in [6.07, 6.45) is 4.63. The van der Waals surface area contributed by atoms with Crippen LogP contribution in [-0.4, -0.2) is 49.8 Å². The second kappa shape index (κ2) is 12.5. The Kier molecular flexibility index (Phi) is 11.6. The third kappa shape index (κ3) is 8.46. The van der Waals surface area contributed by atoms with Gasteiger partial charge in [0.05, 0.1) is 31.4 Å². The van der Waals surface area contributed by atoms with Gasteiger partial charge in [0.2, 0.25) is 0 Å². The van der Waals surface area contributed by atoms with Crippen LogP contribution in [-0.2, 0) is 22.7 Å². The van der Waals surface area contributed by atoms with Gasteiger partial charge >= 0.3 is 7.60 Å². The van der Waals surface area contributed by atoms with Crippen LogP contribution in [0.5, 0.6) is 0 Å². The first-order chi connectivity index (χ1) is 12.8. The Labute approximate surface area is 166 Å². The van der Waals surface area contributed by atoms with Gasteiger partial charge in [0.15, 0.2) is 0 Å². The Morgan fingerprint density at radius 3 is 2.11 bits per heavy atom. The molecule has 0 aromatic carbocycles. The molecule has 0 amide bonds. The summed E-state index contributed by atoms with van der Waals surface area (Å²) in [6, 6.07) is 2.71. The van der Waals surface area contributed by atoms with Gasteiger partial charge in [0.25, 0.3) is 8.53 Å². The van der Waals surface area contributed by atoms with Gasteiger partial charge in [-0.2, -0.15) is 5.26 Å². The molecule has 0 radical (unpaired) electrons. The zero-order valence-corrected chi connectivity index (χ0v) is 19.4. The second-order valence-corrected chi connectivity index (χ2v) is 11.2. The molecule has 1 aliphatic carbocycles. The van der Waals surface area contributed by atoms with Crippen LogP contribution in [0.1, 0.15) is 59.8 Å². The molecule has 1 aliphatic rings. The van der Waals surface area contributed by atoms with Crippen molar-refractivity contribution >= 4 is 16.1 Å². The maximum Gasteiger partial charge on any atom is 0.330 e. The van der Waals surface area contributed by atoms with Crippen molar-refractivity contribution in [1.29, 1.82) is 5.26 Å². The minimum atomic E-state index is -2.96. The first-order valence-corrected chi connectivity index (χ1v) is 12.6. The normalized spacial score (nSPS) is 22.4. The molecule has 1 rings (SSSR count). The van der Waals surface area contributed by atoms with Crippen LogP contribution in [0.3, 0.4) is 0 Å². The molecule has 1 atom stereocenters. The molecular weight excluding hydrogens is 386 g/mol. The van der Waals surface area contributed by atoms with Crippen molar-refractivity contribution in [2.75, 3.05) is 27.0 Å². The number of rotatable bonds is 12. The minimum absolute atomic E-state index is 0.124. The molecule has 158 valence electrons. The molecule has 0 aliphatic heterocycles. The highest BCUT2D eigenvalue weighted by atomic mass is 31.2. The zero-order chi connectivity index (χ0) is 20.4. The summed E-state index contributed by atoms with van der Waals surface area (Å²) in [7, 11) is -1.28. The van der Waals surface area contributed by atoms with Crippen molar-refractivity contribution in [2.45, 2.75) is 78.0 Å². The second-order valence-electron chi connectivity index (χ2n) is 7.45. The topological polar surface area (TPSA) is 81.0 Å². The highest BCUT2D eigenvalue weighted by molar-refractivity contribution is 7.53. The molecule has 0 aromatic rings. The van der Waals surface area contributed by atoms with Gasteiger partial charge in [0.1, 0.15) is 0 Å². The summed E-state index contributed by atoms with van der Waals surface area (Å²) in [5, 5.41) is 8.80. The van der Waals surface area contributed by atoms with Gasteiger partial charge in [-0.25, -0.2) is 4.67 Å². The number of nitrogens with zero attached hydrogens (tertiary/aromatic N) is 2. The summed E-state index contributed by atoms with van der Waals surface area (Å²) >= 11 is 0. The van der Waals surface area contributed by atoms with Crippen molar-refractivity contribution in [3.63, 3.8) is 0 Å². The molecule has 0 bridgehead atoms. The van der Waals surface area contributed by atoms with Gasteiger partial charge in [0, 0.05) is 26.3 Å². The zero-order valence-electron chi connectivity index (χ0n) is 17.6. The van der Waals surface area contributed by atoms with Gasteiger partial charge in [-0.3, -0.25) is 4.57 Å². The summed E-state index contributed by atoms with van der Waals surface area (Å²) in [4.78, 5) is 0. The number of hydrogen-bond donors (Lipinski definition) is 0. The van der Waals surface area contributed by atoms with Crippen molar-refractivity contribution in [1.82, 2.24) is 4.67 Å². The molecule has 7 nitrogen and oxygen atoms in total. The molecule has 0 aromatic heterocycles. The van der Waals surface area contributed by atoms with Crippen LogP contribution in [0.25, 0.3) is 0 Å². The van der Waals surface area contributed by atoms with Gasteiger partial charge < -0.3 is 18.1 Å². The van der Waals surface area contributed by atoms with Crippen LogP contribution in [0.4, 0.5) is 0 Å². The quantitative estimate of drug-likeness (QED) is 0.311. The maximum atomic E-state index is 12.3. The smallest absolute Gasteiger partial charge is 0.321 e. The summed E-state index contributed by atoms with van der Waals surface area (Å²) in [5.41, 5.74) is 0. The van der Waals surface area contributed by atoms with Gasteiger partial charge in [-0.05, 0) is 59.3 Å². The average molecular weight is 422 g/mol. The number of nitriles is 1. The van der Waals surface area contributed by atoms with Crippen LogP contribution in [0.15, 0.2) is 0 Å². The van der Waals surface area contributed by atoms with Crippen molar-refractivity contribution in [2.24, 2.45) is 5.92 Å². The molecule has 27 heavy (non-hydrogen) atoms. The molecule has 1 fully saturated rings. The van der Waals surface area contributed by atoms with E-state index in [1.807, 2.05) is 0 Å². The van der Waals surface area contributed by atoms with E-state index in [0.29, 0.717) is 37.2 Å².